The number of nitrogens with one attached hydrogen (secondary N) is 1. The molecular weight excluding hydrogens is 544 g/mol. The zero-order valence-electron chi connectivity index (χ0n) is 19.9. The van der Waals surface area contributed by atoms with E-state index in [-0.39, 0.29) is 23.8 Å². The lowest BCUT2D eigenvalue weighted by Gasteiger charge is -2.28. The Morgan fingerprint density at radius 3 is 2.37 bits per heavy atom. The molecule has 1 aliphatic heterocycles. The highest BCUT2D eigenvalue weighted by molar-refractivity contribution is 9.10. The van der Waals surface area contributed by atoms with E-state index in [1.54, 1.807) is 39.0 Å². The summed E-state index contributed by atoms with van der Waals surface area (Å²) in [5.41, 5.74) is -2.12. The predicted octanol–water partition coefficient (Wildman–Crippen LogP) is 2.77. The quantitative estimate of drug-likeness (QED) is 0.300. The third-order valence-corrected chi connectivity index (χ3v) is 7.66. The van der Waals surface area contributed by atoms with E-state index >= 15 is 0 Å². The maximum absolute atomic E-state index is 13.3. The molecule has 1 aliphatic carbocycles. The molecule has 1 N–H and O–H groups in total. The smallest absolute Gasteiger partial charge is 0.411 e. The topological polar surface area (TPSA) is 128 Å². The van der Waals surface area contributed by atoms with Crippen molar-refractivity contribution >= 4 is 44.0 Å². The summed E-state index contributed by atoms with van der Waals surface area (Å²) in [6.07, 6.45) is -0.0554. The van der Waals surface area contributed by atoms with Gasteiger partial charge in [-0.25, -0.2) is 9.59 Å². The van der Waals surface area contributed by atoms with Crippen molar-refractivity contribution < 1.29 is 36.5 Å². The highest BCUT2D eigenvalue weighted by Gasteiger charge is 2.62. The molecule has 1 aromatic carbocycles. The van der Waals surface area contributed by atoms with Crippen molar-refractivity contribution in [3.8, 4) is 0 Å². The van der Waals surface area contributed by atoms with Gasteiger partial charge in [0.1, 0.15) is 17.2 Å². The zero-order valence-corrected chi connectivity index (χ0v) is 22.3. The van der Waals surface area contributed by atoms with Crippen LogP contribution in [0.25, 0.3) is 0 Å². The number of benzene rings is 1. The third kappa shape index (κ3) is 6.04. The predicted molar refractivity (Wildman–Crippen MR) is 129 cm³/mol. The summed E-state index contributed by atoms with van der Waals surface area (Å²) in [4.78, 5) is 39.6. The fraction of sp³-hybridized carbons (Fsp3) is 0.522. The molecule has 35 heavy (non-hydrogen) atoms. The molecular formula is C23H29BrN2O8S. The molecule has 12 heteroatoms. The van der Waals surface area contributed by atoms with Crippen LogP contribution in [-0.2, 0) is 33.4 Å². The molecule has 0 radical (unpaired) electrons. The van der Waals surface area contributed by atoms with Crippen molar-refractivity contribution in [1.29, 1.82) is 0 Å². The van der Waals surface area contributed by atoms with Crippen LogP contribution >= 0.6 is 15.9 Å². The van der Waals surface area contributed by atoms with E-state index in [1.807, 2.05) is 0 Å². The molecule has 1 heterocycles. The van der Waals surface area contributed by atoms with E-state index < -0.39 is 51.4 Å². The number of carbonyl (C=O) groups excluding carboxylic acids is 3. The number of rotatable bonds is 7. The summed E-state index contributed by atoms with van der Waals surface area (Å²) in [7, 11) is -2.95. The number of nitrogens with zero attached hydrogens (tertiary/aromatic N) is 1. The molecule has 2 aliphatic rings. The summed E-state index contributed by atoms with van der Waals surface area (Å²) >= 11 is 3.25. The van der Waals surface area contributed by atoms with E-state index in [0.717, 1.165) is 4.90 Å². The Morgan fingerprint density at radius 1 is 1.23 bits per heavy atom. The minimum atomic E-state index is -4.17. The van der Waals surface area contributed by atoms with Crippen molar-refractivity contribution in [2.45, 2.75) is 61.8 Å². The van der Waals surface area contributed by atoms with E-state index in [4.69, 9.17) is 13.7 Å². The maximum atomic E-state index is 13.3. The molecule has 1 saturated carbocycles. The third-order valence-electron chi connectivity index (χ3n) is 5.75. The highest BCUT2D eigenvalue weighted by atomic mass is 79.9. The standard InChI is InChI=1S/C23H29BrN2O8S/c1-6-14-12-23(14,20(28)32-5)25-19(27)18-11-16(13-26(18)21(29)33-22(2,3)4)34-35(30,31)17-9-7-15(24)8-10-17/h6-10,14,16,18H,1,11-13H2,2-5H3,(H,25,27)/t14-,16+,18+,23-/m1/s1. The first-order valence-electron chi connectivity index (χ1n) is 10.9. The second-order valence-corrected chi connectivity index (χ2v) is 12.0. The summed E-state index contributed by atoms with van der Waals surface area (Å²) in [6, 6.07) is 4.76. The molecule has 1 saturated heterocycles. The normalized spacial score (nSPS) is 26.1. The minimum Gasteiger partial charge on any atom is -0.467 e. The lowest BCUT2D eigenvalue weighted by Crippen LogP contribution is -2.53. The van der Waals surface area contributed by atoms with Gasteiger partial charge in [0, 0.05) is 16.8 Å². The number of esters is 1. The van der Waals surface area contributed by atoms with Gasteiger partial charge in [0.15, 0.2) is 0 Å². The van der Waals surface area contributed by atoms with Crippen LogP contribution < -0.4 is 5.32 Å². The first-order chi connectivity index (χ1) is 16.2. The molecule has 4 atom stereocenters. The maximum Gasteiger partial charge on any atom is 0.411 e. The lowest BCUT2D eigenvalue weighted by molar-refractivity contribution is -0.147. The number of hydrogen-bond donors (Lipinski definition) is 1. The Hall–Kier alpha value is -2.44. The molecule has 0 spiro atoms. The van der Waals surface area contributed by atoms with E-state index in [2.05, 4.69) is 27.8 Å². The average molecular weight is 573 g/mol. The van der Waals surface area contributed by atoms with Gasteiger partial charge in [-0.2, -0.15) is 8.42 Å². The number of carbonyl (C=O) groups is 3. The van der Waals surface area contributed by atoms with Gasteiger partial charge >= 0.3 is 12.1 Å². The van der Waals surface area contributed by atoms with Crippen LogP contribution in [0.15, 0.2) is 46.3 Å². The van der Waals surface area contributed by atoms with Crippen LogP contribution in [0.2, 0.25) is 0 Å². The molecule has 0 unspecified atom stereocenters. The number of ether oxygens (including phenoxy) is 2. The Morgan fingerprint density at radius 2 is 1.86 bits per heavy atom. The largest absolute Gasteiger partial charge is 0.467 e. The van der Waals surface area contributed by atoms with Gasteiger partial charge in [0.25, 0.3) is 10.1 Å². The minimum absolute atomic E-state index is 0.0612. The van der Waals surface area contributed by atoms with Gasteiger partial charge in [-0.3, -0.25) is 13.9 Å². The number of amides is 2. The van der Waals surface area contributed by atoms with Gasteiger partial charge in [-0.15, -0.1) is 6.58 Å². The van der Waals surface area contributed by atoms with E-state index in [1.165, 1.54) is 19.2 Å². The number of halogens is 1. The fourth-order valence-electron chi connectivity index (χ4n) is 3.96. The van der Waals surface area contributed by atoms with Crippen molar-refractivity contribution in [1.82, 2.24) is 10.2 Å². The monoisotopic (exact) mass is 572 g/mol. The second kappa shape index (κ2) is 9.90. The first kappa shape index (κ1) is 27.2. The van der Waals surface area contributed by atoms with Crippen LogP contribution in [0.1, 0.15) is 33.6 Å². The second-order valence-electron chi connectivity index (χ2n) is 9.51. The molecule has 2 amide bonds. The molecule has 10 nitrogen and oxygen atoms in total. The lowest BCUT2D eigenvalue weighted by atomic mass is 10.1. The van der Waals surface area contributed by atoms with Crippen molar-refractivity contribution in [2.75, 3.05) is 13.7 Å². The summed E-state index contributed by atoms with van der Waals surface area (Å²) < 4.78 is 41.9. The Kier molecular flexibility index (Phi) is 7.68. The SMILES string of the molecule is C=C[C@@H]1C[C@]1(NC(=O)[C@@H]1C[C@H](OS(=O)(=O)c2ccc(Br)cc2)CN1C(=O)OC(C)(C)C)C(=O)OC. The molecule has 0 bridgehead atoms. The highest BCUT2D eigenvalue weighted by Crippen LogP contribution is 2.45. The van der Waals surface area contributed by atoms with Crippen LogP contribution in [0.3, 0.4) is 0 Å². The van der Waals surface area contributed by atoms with Crippen molar-refractivity contribution in [3.05, 3.63) is 41.4 Å². The molecule has 192 valence electrons. The van der Waals surface area contributed by atoms with E-state index in [0.29, 0.717) is 10.9 Å². The molecule has 1 aromatic rings. The van der Waals surface area contributed by atoms with Gasteiger partial charge < -0.3 is 14.8 Å². The summed E-state index contributed by atoms with van der Waals surface area (Å²) in [5.74, 6) is -1.58. The summed E-state index contributed by atoms with van der Waals surface area (Å²) in [5, 5.41) is 2.69. The number of likely N-dealkylation sites (tertiary alicyclic amines) is 1. The van der Waals surface area contributed by atoms with Crippen LogP contribution in [0.4, 0.5) is 4.79 Å². The van der Waals surface area contributed by atoms with Crippen molar-refractivity contribution in [3.63, 3.8) is 0 Å². The Balaban J connectivity index is 1.82. The molecule has 2 fully saturated rings. The van der Waals surface area contributed by atoms with Gasteiger partial charge in [0.2, 0.25) is 5.91 Å². The first-order valence-corrected chi connectivity index (χ1v) is 13.1. The Labute approximate surface area is 213 Å². The van der Waals surface area contributed by atoms with Gasteiger partial charge in [-0.05, 0) is 51.5 Å². The number of hydrogen-bond acceptors (Lipinski definition) is 8. The summed E-state index contributed by atoms with van der Waals surface area (Å²) in [6.45, 7) is 8.50. The van der Waals surface area contributed by atoms with Gasteiger partial charge in [0.05, 0.1) is 24.7 Å². The average Bonchev–Trinajstić information content (AvgIpc) is 3.31. The van der Waals surface area contributed by atoms with Crippen molar-refractivity contribution in [2.24, 2.45) is 5.92 Å². The van der Waals surface area contributed by atoms with E-state index in [9.17, 15) is 22.8 Å². The van der Waals surface area contributed by atoms with Crippen LogP contribution in [-0.4, -0.2) is 68.2 Å². The van der Waals surface area contributed by atoms with Gasteiger partial charge in [-0.1, -0.05) is 22.0 Å². The number of methoxy groups -OCH3 is 1. The Bertz CT molecular complexity index is 1120. The zero-order chi connectivity index (χ0) is 26.2. The fourth-order valence-corrected chi connectivity index (χ4v) is 5.30. The van der Waals surface area contributed by atoms with Crippen LogP contribution in [0.5, 0.6) is 0 Å². The molecule has 0 aromatic heterocycles. The van der Waals surface area contributed by atoms with Crippen LogP contribution in [0, 0.1) is 5.92 Å². The molecule has 3 rings (SSSR count).